The SMILES string of the molecule is Cn1c(-c2ccccc2)c(C(=O)CSc2nnnn2C[C@H]2CCCO2)c2ccccc21. The average Bonchev–Trinajstić information content (AvgIpc) is 3.54. The van der Waals surface area contributed by atoms with Gasteiger partial charge in [-0.1, -0.05) is 60.3 Å². The number of hydrogen-bond donors (Lipinski definition) is 0. The second kappa shape index (κ2) is 8.64. The van der Waals surface area contributed by atoms with E-state index in [2.05, 4.69) is 20.1 Å². The first kappa shape index (κ1) is 20.0. The number of tetrazole rings is 1. The summed E-state index contributed by atoms with van der Waals surface area (Å²) in [7, 11) is 2.01. The Morgan fingerprint density at radius 1 is 1.16 bits per heavy atom. The van der Waals surface area contributed by atoms with Gasteiger partial charge in [0.2, 0.25) is 5.16 Å². The molecule has 0 unspecified atom stereocenters. The summed E-state index contributed by atoms with van der Waals surface area (Å²) < 4.78 is 9.54. The highest BCUT2D eigenvalue weighted by atomic mass is 32.2. The van der Waals surface area contributed by atoms with E-state index in [-0.39, 0.29) is 17.6 Å². The smallest absolute Gasteiger partial charge is 0.209 e. The number of carbonyl (C=O) groups excluding carboxylic acids is 1. The van der Waals surface area contributed by atoms with Crippen molar-refractivity contribution in [3.05, 3.63) is 60.2 Å². The molecule has 0 radical (unpaired) electrons. The monoisotopic (exact) mass is 433 g/mol. The molecule has 4 aromatic rings. The van der Waals surface area contributed by atoms with Crippen LogP contribution in [0.2, 0.25) is 0 Å². The van der Waals surface area contributed by atoms with Gasteiger partial charge >= 0.3 is 0 Å². The van der Waals surface area contributed by atoms with Gasteiger partial charge in [0.15, 0.2) is 5.78 Å². The van der Waals surface area contributed by atoms with E-state index in [1.165, 1.54) is 11.8 Å². The molecular weight excluding hydrogens is 410 g/mol. The van der Waals surface area contributed by atoms with Crippen molar-refractivity contribution in [3.8, 4) is 11.3 Å². The summed E-state index contributed by atoms with van der Waals surface area (Å²) in [5.41, 5.74) is 3.75. The summed E-state index contributed by atoms with van der Waals surface area (Å²) in [5.74, 6) is 0.326. The third-order valence-corrected chi connectivity index (χ3v) is 6.62. The summed E-state index contributed by atoms with van der Waals surface area (Å²) >= 11 is 1.37. The molecule has 0 N–H and O–H groups in total. The van der Waals surface area contributed by atoms with Crippen molar-refractivity contribution in [2.24, 2.45) is 7.05 Å². The van der Waals surface area contributed by atoms with E-state index < -0.39 is 0 Å². The van der Waals surface area contributed by atoms with Gasteiger partial charge in [0.25, 0.3) is 0 Å². The predicted octanol–water partition coefficient (Wildman–Crippen LogP) is 3.99. The topological polar surface area (TPSA) is 74.8 Å². The van der Waals surface area contributed by atoms with Crippen molar-refractivity contribution in [2.45, 2.75) is 30.6 Å². The standard InChI is InChI=1S/C23H23N5O2S/c1-27-19-12-6-5-11-18(19)21(22(27)16-8-3-2-4-9-16)20(29)15-31-23-24-25-26-28(23)14-17-10-7-13-30-17/h2-6,8-9,11-12,17H,7,10,13-15H2,1H3/t17-/m1/s1. The lowest BCUT2D eigenvalue weighted by molar-refractivity contribution is 0.0912. The first-order valence-electron chi connectivity index (χ1n) is 10.4. The second-order valence-electron chi connectivity index (χ2n) is 7.66. The molecule has 0 aliphatic carbocycles. The van der Waals surface area contributed by atoms with E-state index in [0.717, 1.165) is 47.2 Å². The molecule has 7 nitrogen and oxygen atoms in total. The number of ketones is 1. The Bertz CT molecular complexity index is 1210. The zero-order chi connectivity index (χ0) is 21.2. The molecule has 8 heteroatoms. The Hall–Kier alpha value is -2.97. The first-order valence-corrected chi connectivity index (χ1v) is 11.4. The number of aromatic nitrogens is 5. The van der Waals surface area contributed by atoms with Crippen LogP contribution in [0.15, 0.2) is 59.8 Å². The molecule has 0 amide bonds. The Balaban J connectivity index is 1.44. The third kappa shape index (κ3) is 3.88. The number of rotatable bonds is 7. The van der Waals surface area contributed by atoms with Crippen LogP contribution in [0, 0.1) is 0 Å². The number of fused-ring (bicyclic) bond motifs is 1. The zero-order valence-corrected chi connectivity index (χ0v) is 18.1. The van der Waals surface area contributed by atoms with Crippen LogP contribution in [0.5, 0.6) is 0 Å². The van der Waals surface area contributed by atoms with Gasteiger partial charge in [-0.05, 0) is 34.9 Å². The predicted molar refractivity (Wildman–Crippen MR) is 120 cm³/mol. The highest BCUT2D eigenvalue weighted by molar-refractivity contribution is 7.99. The van der Waals surface area contributed by atoms with E-state index in [4.69, 9.17) is 4.74 Å². The number of nitrogens with zero attached hydrogens (tertiary/aromatic N) is 5. The molecule has 0 spiro atoms. The lowest BCUT2D eigenvalue weighted by Crippen LogP contribution is -2.17. The lowest BCUT2D eigenvalue weighted by Gasteiger charge is -2.10. The number of thioether (sulfide) groups is 1. The van der Waals surface area contributed by atoms with Gasteiger partial charge in [-0.25, -0.2) is 4.68 Å². The molecule has 5 rings (SSSR count). The van der Waals surface area contributed by atoms with Crippen LogP contribution < -0.4 is 0 Å². The third-order valence-electron chi connectivity index (χ3n) is 5.66. The Labute approximate surface area is 184 Å². The Morgan fingerprint density at radius 2 is 1.97 bits per heavy atom. The van der Waals surface area contributed by atoms with Crippen molar-refractivity contribution in [3.63, 3.8) is 0 Å². The van der Waals surface area contributed by atoms with Crippen molar-refractivity contribution in [2.75, 3.05) is 12.4 Å². The molecule has 31 heavy (non-hydrogen) atoms. The van der Waals surface area contributed by atoms with E-state index in [0.29, 0.717) is 11.7 Å². The van der Waals surface area contributed by atoms with E-state index in [1.54, 1.807) is 4.68 Å². The van der Waals surface area contributed by atoms with Crippen LogP contribution in [0.4, 0.5) is 0 Å². The van der Waals surface area contributed by atoms with Gasteiger partial charge in [-0.15, -0.1) is 5.10 Å². The lowest BCUT2D eigenvalue weighted by atomic mass is 10.0. The molecule has 1 aliphatic rings. The summed E-state index contributed by atoms with van der Waals surface area (Å²) in [6, 6.07) is 18.1. The molecule has 3 heterocycles. The minimum absolute atomic E-state index is 0.0623. The molecule has 0 bridgehead atoms. The number of carbonyl (C=O) groups is 1. The molecule has 2 aromatic carbocycles. The normalized spacial score (nSPS) is 16.2. The Kier molecular flexibility index (Phi) is 5.57. The number of para-hydroxylation sites is 1. The van der Waals surface area contributed by atoms with Gasteiger partial charge in [-0.3, -0.25) is 4.79 Å². The van der Waals surface area contributed by atoms with Gasteiger partial charge in [0.05, 0.1) is 29.7 Å². The van der Waals surface area contributed by atoms with Gasteiger partial charge in [0, 0.05) is 24.6 Å². The first-order chi connectivity index (χ1) is 15.2. The fourth-order valence-corrected chi connectivity index (χ4v) is 4.97. The van der Waals surface area contributed by atoms with Crippen LogP contribution in [0.3, 0.4) is 0 Å². The number of hydrogen-bond acceptors (Lipinski definition) is 6. The molecule has 1 saturated heterocycles. The van der Waals surface area contributed by atoms with Crippen LogP contribution in [0.25, 0.3) is 22.2 Å². The molecule has 1 fully saturated rings. The number of aryl methyl sites for hydroxylation is 1. The van der Waals surface area contributed by atoms with Crippen LogP contribution in [-0.2, 0) is 18.3 Å². The van der Waals surface area contributed by atoms with Crippen molar-refractivity contribution in [1.29, 1.82) is 0 Å². The van der Waals surface area contributed by atoms with Crippen molar-refractivity contribution >= 4 is 28.4 Å². The minimum atomic E-state index is 0.0623. The summed E-state index contributed by atoms with van der Waals surface area (Å²) in [4.78, 5) is 13.5. The fraction of sp³-hybridized carbons (Fsp3) is 0.304. The molecule has 1 atom stereocenters. The quantitative estimate of drug-likeness (QED) is 0.324. The average molecular weight is 434 g/mol. The fourth-order valence-electron chi connectivity index (χ4n) is 4.21. The van der Waals surface area contributed by atoms with Gasteiger partial charge in [-0.2, -0.15) is 0 Å². The van der Waals surface area contributed by atoms with Gasteiger partial charge < -0.3 is 9.30 Å². The Morgan fingerprint density at radius 3 is 2.77 bits per heavy atom. The van der Waals surface area contributed by atoms with Crippen LogP contribution in [-0.4, -0.2) is 49.0 Å². The number of Topliss-reactive ketones (excluding diaryl/α,β-unsaturated/α-hetero) is 1. The largest absolute Gasteiger partial charge is 0.376 e. The maximum absolute atomic E-state index is 13.5. The molecule has 158 valence electrons. The molecule has 0 saturated carbocycles. The molecular formula is C23H23N5O2S. The highest BCUT2D eigenvalue weighted by Gasteiger charge is 2.24. The van der Waals surface area contributed by atoms with Crippen molar-refractivity contribution in [1.82, 2.24) is 24.8 Å². The summed E-state index contributed by atoms with van der Waals surface area (Å²) in [5, 5.41) is 13.6. The van der Waals surface area contributed by atoms with E-state index >= 15 is 0 Å². The zero-order valence-electron chi connectivity index (χ0n) is 17.3. The maximum atomic E-state index is 13.5. The van der Waals surface area contributed by atoms with Crippen molar-refractivity contribution < 1.29 is 9.53 Å². The highest BCUT2D eigenvalue weighted by Crippen LogP contribution is 2.34. The molecule has 2 aromatic heterocycles. The maximum Gasteiger partial charge on any atom is 0.209 e. The van der Waals surface area contributed by atoms with E-state index in [1.807, 2.05) is 61.6 Å². The van der Waals surface area contributed by atoms with Crippen LogP contribution in [0.1, 0.15) is 23.2 Å². The number of benzene rings is 2. The summed E-state index contributed by atoms with van der Waals surface area (Å²) in [6.45, 7) is 1.41. The van der Waals surface area contributed by atoms with Crippen LogP contribution >= 0.6 is 11.8 Å². The van der Waals surface area contributed by atoms with Gasteiger partial charge in [0.1, 0.15) is 0 Å². The second-order valence-corrected chi connectivity index (χ2v) is 8.60. The van der Waals surface area contributed by atoms with E-state index in [9.17, 15) is 4.79 Å². The summed E-state index contributed by atoms with van der Waals surface area (Å²) in [6.07, 6.45) is 2.22. The molecule has 1 aliphatic heterocycles. The minimum Gasteiger partial charge on any atom is -0.376 e. The number of ether oxygens (including phenoxy) is 1.